The maximum Gasteiger partial charge on any atom is 0.167 e. The average molecular weight is 344 g/mol. The van der Waals surface area contributed by atoms with E-state index in [-0.39, 0.29) is 12.4 Å². The van der Waals surface area contributed by atoms with Gasteiger partial charge in [-0.25, -0.2) is 15.0 Å². The second-order valence-electron chi connectivity index (χ2n) is 4.95. The van der Waals surface area contributed by atoms with Crippen molar-refractivity contribution in [1.82, 2.24) is 19.5 Å². The van der Waals surface area contributed by atoms with Crippen LogP contribution in [0.3, 0.4) is 0 Å². The molecule has 4 heterocycles. The Morgan fingerprint density at radius 1 is 1.45 bits per heavy atom. The number of nitrogen functional groups attached to an aromatic ring is 1. The standard InChI is InChI=1S/C10H12N5O5PS/c11-8-5-9(13-2-12-8)15(3-14-5)10-6(16)7-4(19-10)1-18-21(17,22)20-7/h2-4,6-7,10,16H,1H2,(H,17,22)(H2,11,12,13)/p-1/t4?,6-,7-,10?,21?/m0/s1. The van der Waals surface area contributed by atoms with Gasteiger partial charge in [-0.05, 0) is 0 Å². The predicted octanol–water partition coefficient (Wildman–Crippen LogP) is -1.33. The van der Waals surface area contributed by atoms with E-state index in [1.165, 1.54) is 17.2 Å². The number of ether oxygens (including phenoxy) is 1. The molecule has 0 aromatic carbocycles. The van der Waals surface area contributed by atoms with Crippen molar-refractivity contribution in [2.24, 2.45) is 0 Å². The van der Waals surface area contributed by atoms with Crippen molar-refractivity contribution in [1.29, 1.82) is 0 Å². The summed E-state index contributed by atoms with van der Waals surface area (Å²) in [6, 6.07) is 0. The molecule has 2 aromatic heterocycles. The van der Waals surface area contributed by atoms with Gasteiger partial charge in [0, 0.05) is 0 Å². The number of rotatable bonds is 1. The van der Waals surface area contributed by atoms with Gasteiger partial charge in [0.25, 0.3) is 0 Å². The topological polar surface area (TPSA) is 141 Å². The van der Waals surface area contributed by atoms with Crippen LogP contribution < -0.4 is 10.6 Å². The molecule has 118 valence electrons. The Hall–Kier alpha value is -1.20. The Morgan fingerprint density at radius 3 is 3.09 bits per heavy atom. The number of nitrogens with zero attached hydrogens (tertiary/aromatic N) is 4. The van der Waals surface area contributed by atoms with Crippen molar-refractivity contribution < 1.29 is 23.8 Å². The van der Waals surface area contributed by atoms with Crippen LogP contribution in [0, 0.1) is 0 Å². The largest absolute Gasteiger partial charge is 0.780 e. The number of aliphatic hydroxyl groups is 1. The lowest BCUT2D eigenvalue weighted by molar-refractivity contribution is -0.227. The van der Waals surface area contributed by atoms with Crippen LogP contribution in [0.1, 0.15) is 6.23 Å². The maximum atomic E-state index is 11.7. The number of aliphatic hydroxyl groups excluding tert-OH is 1. The molecule has 4 rings (SSSR count). The molecule has 2 aromatic rings. The maximum absolute atomic E-state index is 11.7. The first-order valence-corrected chi connectivity index (χ1v) is 8.92. The van der Waals surface area contributed by atoms with Gasteiger partial charge < -0.3 is 29.5 Å². The Kier molecular flexibility index (Phi) is 3.20. The summed E-state index contributed by atoms with van der Waals surface area (Å²) in [6.45, 7) is -3.59. The lowest BCUT2D eigenvalue weighted by atomic mass is 10.1. The van der Waals surface area contributed by atoms with E-state index in [0.29, 0.717) is 11.2 Å². The zero-order valence-corrected chi connectivity index (χ0v) is 12.7. The normalized spacial score (nSPS) is 38.3. The number of imidazole rings is 1. The summed E-state index contributed by atoms with van der Waals surface area (Å²) in [4.78, 5) is 23.8. The first-order valence-electron chi connectivity index (χ1n) is 6.37. The van der Waals surface area contributed by atoms with Crippen LogP contribution in [0.15, 0.2) is 12.7 Å². The monoisotopic (exact) mass is 344 g/mol. The van der Waals surface area contributed by atoms with Gasteiger partial charge in [-0.3, -0.25) is 4.57 Å². The number of fused-ring (bicyclic) bond motifs is 2. The average Bonchev–Trinajstić information content (AvgIpc) is 3.01. The molecule has 0 aliphatic carbocycles. The van der Waals surface area contributed by atoms with E-state index in [1.54, 1.807) is 0 Å². The van der Waals surface area contributed by atoms with Crippen molar-refractivity contribution in [3.63, 3.8) is 0 Å². The van der Waals surface area contributed by atoms with E-state index < -0.39 is 31.3 Å². The molecule has 0 amide bonds. The first-order chi connectivity index (χ1) is 10.5. The van der Waals surface area contributed by atoms with Gasteiger partial charge >= 0.3 is 0 Å². The molecule has 3 N–H and O–H groups in total. The summed E-state index contributed by atoms with van der Waals surface area (Å²) in [6.07, 6.45) is -0.610. The first kappa shape index (κ1) is 14.4. The summed E-state index contributed by atoms with van der Waals surface area (Å²) in [5.41, 5.74) is 6.55. The molecule has 0 saturated carbocycles. The minimum atomic E-state index is -3.58. The van der Waals surface area contributed by atoms with Gasteiger partial charge in [-0.1, -0.05) is 11.8 Å². The van der Waals surface area contributed by atoms with Gasteiger partial charge in [-0.2, -0.15) is 0 Å². The van der Waals surface area contributed by atoms with Crippen LogP contribution in [0.5, 0.6) is 0 Å². The zero-order chi connectivity index (χ0) is 15.5. The van der Waals surface area contributed by atoms with Crippen LogP contribution in [-0.4, -0.2) is 49.5 Å². The SMILES string of the molecule is Nc1ncnc2c1ncn2C1OC2COP([O-])(=S)O[C@@H]2[C@@H]1O. The molecule has 2 saturated heterocycles. The highest BCUT2D eigenvalue weighted by atomic mass is 32.5. The fraction of sp³-hybridized carbons (Fsp3) is 0.500. The lowest BCUT2D eigenvalue weighted by Crippen LogP contribution is -2.40. The molecule has 5 atom stereocenters. The number of nitrogens with two attached hydrogens (primary N) is 1. The highest BCUT2D eigenvalue weighted by molar-refractivity contribution is 8.06. The van der Waals surface area contributed by atoms with Gasteiger partial charge in [-0.15, -0.1) is 0 Å². The van der Waals surface area contributed by atoms with Crippen molar-refractivity contribution in [2.45, 2.75) is 24.5 Å². The lowest BCUT2D eigenvalue weighted by Gasteiger charge is -2.38. The smallest absolute Gasteiger partial charge is 0.167 e. The van der Waals surface area contributed by atoms with Crippen molar-refractivity contribution >= 4 is 35.5 Å². The van der Waals surface area contributed by atoms with E-state index in [1.807, 2.05) is 0 Å². The molecule has 12 heteroatoms. The predicted molar refractivity (Wildman–Crippen MR) is 74.8 cm³/mol. The third-order valence-corrected chi connectivity index (χ3v) is 5.16. The molecule has 10 nitrogen and oxygen atoms in total. The van der Waals surface area contributed by atoms with E-state index >= 15 is 0 Å². The number of anilines is 1. The molecule has 2 fully saturated rings. The van der Waals surface area contributed by atoms with Gasteiger partial charge in [0.1, 0.15) is 36.9 Å². The van der Waals surface area contributed by atoms with Crippen molar-refractivity contribution in [2.75, 3.05) is 12.3 Å². The fourth-order valence-electron chi connectivity index (χ4n) is 2.61. The highest BCUT2D eigenvalue weighted by Crippen LogP contribution is 2.49. The van der Waals surface area contributed by atoms with Crippen molar-refractivity contribution in [3.05, 3.63) is 12.7 Å². The van der Waals surface area contributed by atoms with Gasteiger partial charge in [0.2, 0.25) is 0 Å². The van der Waals surface area contributed by atoms with Gasteiger partial charge in [0.05, 0.1) is 12.9 Å². The minimum Gasteiger partial charge on any atom is -0.780 e. The minimum absolute atomic E-state index is 0.0112. The summed E-state index contributed by atoms with van der Waals surface area (Å²) >= 11 is 4.69. The molecular formula is C10H11N5O5PS-. The molecule has 2 aliphatic heterocycles. The summed E-state index contributed by atoms with van der Waals surface area (Å²) in [7, 11) is 0. The third-order valence-electron chi connectivity index (χ3n) is 3.62. The summed E-state index contributed by atoms with van der Waals surface area (Å²) < 4.78 is 17.3. The Morgan fingerprint density at radius 2 is 2.27 bits per heavy atom. The molecule has 0 spiro atoms. The second kappa shape index (κ2) is 4.90. The Bertz CT molecular complexity index is 786. The van der Waals surface area contributed by atoms with E-state index in [0.717, 1.165) is 0 Å². The van der Waals surface area contributed by atoms with Crippen LogP contribution in [0.2, 0.25) is 0 Å². The number of aromatic nitrogens is 4. The molecular weight excluding hydrogens is 333 g/mol. The third kappa shape index (κ3) is 2.14. The van der Waals surface area contributed by atoms with Crippen LogP contribution in [0.25, 0.3) is 11.2 Å². The number of hydrogen-bond donors (Lipinski definition) is 2. The van der Waals surface area contributed by atoms with E-state index in [9.17, 15) is 10.00 Å². The molecule has 3 unspecified atom stereocenters. The highest BCUT2D eigenvalue weighted by Gasteiger charge is 2.49. The molecule has 0 bridgehead atoms. The molecule has 22 heavy (non-hydrogen) atoms. The van der Waals surface area contributed by atoms with Crippen molar-refractivity contribution in [3.8, 4) is 0 Å². The van der Waals surface area contributed by atoms with Crippen LogP contribution in [0.4, 0.5) is 5.82 Å². The summed E-state index contributed by atoms with van der Waals surface area (Å²) in [5.74, 6) is 0.225. The number of hydrogen-bond acceptors (Lipinski definition) is 10. The zero-order valence-electron chi connectivity index (χ0n) is 11.0. The quantitative estimate of drug-likeness (QED) is 0.597. The summed E-state index contributed by atoms with van der Waals surface area (Å²) in [5, 5.41) is 10.4. The van der Waals surface area contributed by atoms with Crippen LogP contribution >= 0.6 is 6.72 Å². The van der Waals surface area contributed by atoms with E-state index in [2.05, 4.69) is 15.0 Å². The van der Waals surface area contributed by atoms with Crippen LogP contribution in [-0.2, 0) is 25.6 Å². The second-order valence-corrected chi connectivity index (χ2v) is 7.66. The molecule has 2 aliphatic rings. The Labute approximate surface area is 129 Å². The van der Waals surface area contributed by atoms with Gasteiger partial charge in [0.15, 0.2) is 17.7 Å². The fourth-order valence-corrected chi connectivity index (χ4v) is 4.04. The Balaban J connectivity index is 1.71. The van der Waals surface area contributed by atoms with E-state index in [4.69, 9.17) is 31.3 Å². The molecule has 0 radical (unpaired) electrons.